The smallest absolute Gasteiger partial charge is 0.257 e. The molecule has 1 atom stereocenters. The molecular formula is C14H18ClNO2. The quantitative estimate of drug-likeness (QED) is 0.788. The van der Waals surface area contributed by atoms with Gasteiger partial charge in [-0.1, -0.05) is 12.1 Å². The zero-order valence-electron chi connectivity index (χ0n) is 10.6. The van der Waals surface area contributed by atoms with Crippen LogP contribution in [0.4, 0.5) is 0 Å². The van der Waals surface area contributed by atoms with Gasteiger partial charge < -0.3 is 9.64 Å². The molecule has 3 nitrogen and oxygen atoms in total. The van der Waals surface area contributed by atoms with Crippen LogP contribution in [0, 0.1) is 0 Å². The Morgan fingerprint density at radius 1 is 1.50 bits per heavy atom. The fourth-order valence-corrected chi connectivity index (χ4v) is 2.53. The molecular weight excluding hydrogens is 250 g/mol. The van der Waals surface area contributed by atoms with E-state index in [1.54, 1.807) is 0 Å². The SMILES string of the molecule is CCOc1ccccc1C(=O)N1CCCC(Cl)C1. The van der Waals surface area contributed by atoms with Crippen molar-refractivity contribution in [2.24, 2.45) is 0 Å². The lowest BCUT2D eigenvalue weighted by Crippen LogP contribution is -2.40. The van der Waals surface area contributed by atoms with E-state index in [2.05, 4.69) is 0 Å². The zero-order valence-corrected chi connectivity index (χ0v) is 11.3. The average Bonchev–Trinajstić information content (AvgIpc) is 2.39. The number of nitrogens with zero attached hydrogens (tertiary/aromatic N) is 1. The number of hydrogen-bond acceptors (Lipinski definition) is 2. The number of ether oxygens (including phenoxy) is 1. The van der Waals surface area contributed by atoms with Crippen molar-refractivity contribution in [1.82, 2.24) is 4.90 Å². The number of alkyl halides is 1. The number of carbonyl (C=O) groups is 1. The van der Waals surface area contributed by atoms with Crippen molar-refractivity contribution in [2.45, 2.75) is 25.1 Å². The Hall–Kier alpha value is -1.22. The lowest BCUT2D eigenvalue weighted by atomic mass is 10.1. The van der Waals surface area contributed by atoms with Crippen LogP contribution in [-0.4, -0.2) is 35.9 Å². The lowest BCUT2D eigenvalue weighted by Gasteiger charge is -2.30. The first kappa shape index (κ1) is 13.2. The number of hydrogen-bond donors (Lipinski definition) is 0. The van der Waals surface area contributed by atoms with E-state index in [4.69, 9.17) is 16.3 Å². The summed E-state index contributed by atoms with van der Waals surface area (Å²) in [7, 11) is 0. The largest absolute Gasteiger partial charge is 0.493 e. The molecule has 0 bridgehead atoms. The Bertz CT molecular complexity index is 422. The van der Waals surface area contributed by atoms with E-state index in [-0.39, 0.29) is 11.3 Å². The van der Waals surface area contributed by atoms with Crippen LogP contribution in [0.25, 0.3) is 0 Å². The van der Waals surface area contributed by atoms with Gasteiger partial charge in [-0.15, -0.1) is 11.6 Å². The second-order valence-corrected chi connectivity index (χ2v) is 5.04. The predicted molar refractivity (Wildman–Crippen MR) is 72.4 cm³/mol. The van der Waals surface area contributed by atoms with Crippen LogP contribution in [0.5, 0.6) is 5.75 Å². The first-order chi connectivity index (χ1) is 8.72. The average molecular weight is 268 g/mol. The van der Waals surface area contributed by atoms with Crippen LogP contribution in [0.3, 0.4) is 0 Å². The first-order valence-corrected chi connectivity index (χ1v) is 6.81. The third kappa shape index (κ3) is 2.96. The standard InChI is InChI=1S/C14H18ClNO2/c1-2-18-13-8-4-3-7-12(13)14(17)16-9-5-6-11(15)10-16/h3-4,7-8,11H,2,5-6,9-10H2,1H3. The Labute approximate surface area is 113 Å². The van der Waals surface area contributed by atoms with E-state index < -0.39 is 0 Å². The molecule has 1 aromatic carbocycles. The molecule has 2 rings (SSSR count). The van der Waals surface area contributed by atoms with E-state index in [1.165, 1.54) is 0 Å². The molecule has 1 aromatic rings. The molecule has 1 aliphatic heterocycles. The van der Waals surface area contributed by atoms with Crippen LogP contribution in [0.15, 0.2) is 24.3 Å². The third-order valence-electron chi connectivity index (χ3n) is 3.07. The molecule has 0 saturated carbocycles. The van der Waals surface area contributed by atoms with Gasteiger partial charge in [0.15, 0.2) is 0 Å². The lowest BCUT2D eigenvalue weighted by molar-refractivity contribution is 0.0723. The summed E-state index contributed by atoms with van der Waals surface area (Å²) in [5.74, 6) is 0.672. The van der Waals surface area contributed by atoms with Gasteiger partial charge in [0.1, 0.15) is 5.75 Å². The second-order valence-electron chi connectivity index (χ2n) is 4.42. The first-order valence-electron chi connectivity index (χ1n) is 6.37. The van der Waals surface area contributed by atoms with Crippen LogP contribution in [0.1, 0.15) is 30.1 Å². The van der Waals surface area contributed by atoms with Crippen molar-refractivity contribution in [3.8, 4) is 5.75 Å². The predicted octanol–water partition coefficient (Wildman–Crippen LogP) is 2.93. The number of benzene rings is 1. The van der Waals surface area contributed by atoms with Crippen molar-refractivity contribution >= 4 is 17.5 Å². The number of likely N-dealkylation sites (tertiary alicyclic amines) is 1. The number of amides is 1. The molecule has 1 saturated heterocycles. The molecule has 1 amide bonds. The van der Waals surface area contributed by atoms with Crippen molar-refractivity contribution in [2.75, 3.05) is 19.7 Å². The van der Waals surface area contributed by atoms with Crippen molar-refractivity contribution in [3.05, 3.63) is 29.8 Å². The van der Waals surface area contributed by atoms with Gasteiger partial charge >= 0.3 is 0 Å². The molecule has 0 aromatic heterocycles. The summed E-state index contributed by atoms with van der Waals surface area (Å²) in [6.45, 7) is 3.88. The number of halogens is 1. The van der Waals surface area contributed by atoms with E-state index in [9.17, 15) is 4.79 Å². The van der Waals surface area contributed by atoms with Crippen molar-refractivity contribution < 1.29 is 9.53 Å². The molecule has 0 spiro atoms. The van der Waals surface area contributed by atoms with Gasteiger partial charge in [0.2, 0.25) is 0 Å². The molecule has 18 heavy (non-hydrogen) atoms. The fourth-order valence-electron chi connectivity index (χ4n) is 2.20. The fraction of sp³-hybridized carbons (Fsp3) is 0.500. The molecule has 0 aliphatic carbocycles. The summed E-state index contributed by atoms with van der Waals surface area (Å²) in [4.78, 5) is 14.2. The summed E-state index contributed by atoms with van der Waals surface area (Å²) < 4.78 is 5.50. The summed E-state index contributed by atoms with van der Waals surface area (Å²) >= 11 is 6.12. The molecule has 98 valence electrons. The second kappa shape index (κ2) is 6.10. The van der Waals surface area contributed by atoms with Gasteiger partial charge in [-0.3, -0.25) is 4.79 Å². The van der Waals surface area contributed by atoms with Crippen molar-refractivity contribution in [3.63, 3.8) is 0 Å². The highest BCUT2D eigenvalue weighted by Gasteiger charge is 2.24. The third-order valence-corrected chi connectivity index (χ3v) is 3.42. The van der Waals surface area contributed by atoms with E-state index >= 15 is 0 Å². The van der Waals surface area contributed by atoms with Crippen LogP contribution < -0.4 is 4.74 Å². The summed E-state index contributed by atoms with van der Waals surface area (Å²) in [5, 5.41) is 0.0713. The zero-order chi connectivity index (χ0) is 13.0. The van der Waals surface area contributed by atoms with E-state index in [1.807, 2.05) is 36.1 Å². The molecule has 0 N–H and O–H groups in total. The van der Waals surface area contributed by atoms with Gasteiger partial charge in [-0.2, -0.15) is 0 Å². The van der Waals surface area contributed by atoms with Gasteiger partial charge in [-0.05, 0) is 31.9 Å². The molecule has 4 heteroatoms. The van der Waals surface area contributed by atoms with Crippen LogP contribution in [0.2, 0.25) is 0 Å². The normalized spacial score (nSPS) is 19.7. The van der Waals surface area contributed by atoms with Crippen molar-refractivity contribution in [1.29, 1.82) is 0 Å². The van der Waals surface area contributed by atoms with Crippen LogP contribution >= 0.6 is 11.6 Å². The van der Waals surface area contributed by atoms with Gasteiger partial charge in [-0.25, -0.2) is 0 Å². The molecule has 1 unspecified atom stereocenters. The Kier molecular flexibility index (Phi) is 4.48. The molecule has 0 radical (unpaired) electrons. The van der Waals surface area contributed by atoms with Gasteiger partial charge in [0.05, 0.1) is 17.5 Å². The number of piperidine rings is 1. The maximum atomic E-state index is 12.4. The molecule has 1 heterocycles. The highest BCUT2D eigenvalue weighted by Crippen LogP contribution is 2.23. The minimum atomic E-state index is 0.0180. The van der Waals surface area contributed by atoms with E-state index in [0.717, 1.165) is 19.4 Å². The topological polar surface area (TPSA) is 29.5 Å². The highest BCUT2D eigenvalue weighted by atomic mass is 35.5. The summed E-state index contributed by atoms with van der Waals surface area (Å²) in [6, 6.07) is 7.38. The van der Waals surface area contributed by atoms with Gasteiger partial charge in [0.25, 0.3) is 5.91 Å². The summed E-state index contributed by atoms with van der Waals surface area (Å²) in [5.41, 5.74) is 0.630. The highest BCUT2D eigenvalue weighted by molar-refractivity contribution is 6.21. The maximum Gasteiger partial charge on any atom is 0.257 e. The maximum absolute atomic E-state index is 12.4. The van der Waals surface area contributed by atoms with Gasteiger partial charge in [0, 0.05) is 13.1 Å². The monoisotopic (exact) mass is 267 g/mol. The van der Waals surface area contributed by atoms with Crippen LogP contribution in [-0.2, 0) is 0 Å². The minimum Gasteiger partial charge on any atom is -0.493 e. The number of carbonyl (C=O) groups excluding carboxylic acids is 1. The Morgan fingerprint density at radius 2 is 2.28 bits per heavy atom. The number of para-hydroxylation sites is 1. The Morgan fingerprint density at radius 3 is 3.00 bits per heavy atom. The molecule has 1 fully saturated rings. The number of rotatable bonds is 3. The Balaban J connectivity index is 2.17. The minimum absolute atomic E-state index is 0.0180. The van der Waals surface area contributed by atoms with E-state index in [0.29, 0.717) is 24.5 Å². The summed E-state index contributed by atoms with van der Waals surface area (Å²) in [6.07, 6.45) is 1.95. The molecule has 1 aliphatic rings.